The Morgan fingerprint density at radius 3 is 2.95 bits per heavy atom. The molecule has 0 saturated carbocycles. The Kier molecular flexibility index (Phi) is 3.21. The predicted octanol–water partition coefficient (Wildman–Crippen LogP) is 2.91. The predicted molar refractivity (Wildman–Crippen MR) is 77.2 cm³/mol. The average molecular weight is 266 g/mol. The van der Waals surface area contributed by atoms with Gasteiger partial charge in [-0.1, -0.05) is 6.07 Å². The maximum atomic E-state index is 11.2. The molecule has 0 N–H and O–H groups in total. The molecule has 0 fully saturated rings. The van der Waals surface area contributed by atoms with E-state index in [0.717, 1.165) is 28.5 Å². The summed E-state index contributed by atoms with van der Waals surface area (Å²) in [7, 11) is 1.62. The van der Waals surface area contributed by atoms with Gasteiger partial charge in [-0.2, -0.15) is 0 Å². The van der Waals surface area contributed by atoms with Gasteiger partial charge in [-0.25, -0.2) is 0 Å². The van der Waals surface area contributed by atoms with Gasteiger partial charge in [-0.3, -0.25) is 9.78 Å². The average Bonchev–Trinajstić information content (AvgIpc) is 2.85. The number of benzene rings is 1. The highest BCUT2D eigenvalue weighted by atomic mass is 16.5. The molecule has 2 aromatic heterocycles. The van der Waals surface area contributed by atoms with Crippen molar-refractivity contribution in [3.63, 3.8) is 0 Å². The van der Waals surface area contributed by atoms with Crippen molar-refractivity contribution < 1.29 is 9.53 Å². The molecule has 3 aromatic rings. The van der Waals surface area contributed by atoms with Crippen molar-refractivity contribution in [3.05, 3.63) is 60.0 Å². The Morgan fingerprint density at radius 2 is 2.25 bits per heavy atom. The molecule has 0 atom stereocenters. The number of methoxy groups -OCH3 is 1. The van der Waals surface area contributed by atoms with Crippen LogP contribution in [0, 0.1) is 0 Å². The molecular formula is C16H14N2O2. The van der Waals surface area contributed by atoms with Crippen molar-refractivity contribution >= 4 is 17.2 Å². The Morgan fingerprint density at radius 1 is 1.35 bits per heavy atom. The number of carbonyl (C=O) groups excluding carboxylic acids is 1. The Labute approximate surface area is 116 Å². The number of aromatic nitrogens is 2. The van der Waals surface area contributed by atoms with Crippen LogP contribution in [0.15, 0.2) is 48.9 Å². The first-order valence-corrected chi connectivity index (χ1v) is 6.33. The third kappa shape index (κ3) is 2.16. The smallest absolute Gasteiger partial charge is 0.152 e. The van der Waals surface area contributed by atoms with Crippen LogP contribution < -0.4 is 4.74 Å². The molecule has 0 saturated heterocycles. The summed E-state index contributed by atoms with van der Waals surface area (Å²) < 4.78 is 7.27. The summed E-state index contributed by atoms with van der Waals surface area (Å²) in [5, 5.41) is 0.906. The lowest BCUT2D eigenvalue weighted by molar-refractivity contribution is 0.112. The molecule has 0 spiro atoms. The van der Waals surface area contributed by atoms with Crippen LogP contribution in [0.4, 0.5) is 0 Å². The molecule has 100 valence electrons. The molecule has 0 radical (unpaired) electrons. The van der Waals surface area contributed by atoms with Crippen LogP contribution >= 0.6 is 0 Å². The summed E-state index contributed by atoms with van der Waals surface area (Å²) >= 11 is 0. The zero-order chi connectivity index (χ0) is 13.9. The number of carbonyl (C=O) groups is 1. The normalized spacial score (nSPS) is 10.7. The summed E-state index contributed by atoms with van der Waals surface area (Å²) in [6, 6.07) is 9.68. The number of pyridine rings is 1. The minimum atomic E-state index is 0.669. The molecule has 0 aliphatic heterocycles. The second-order valence-corrected chi connectivity index (χ2v) is 4.57. The van der Waals surface area contributed by atoms with Crippen molar-refractivity contribution in [1.29, 1.82) is 0 Å². The molecule has 20 heavy (non-hydrogen) atoms. The molecule has 0 amide bonds. The summed E-state index contributed by atoms with van der Waals surface area (Å²) in [5.74, 6) is 0.750. The molecule has 4 heteroatoms. The number of hydrogen-bond donors (Lipinski definition) is 0. The number of fused-ring (bicyclic) bond motifs is 1. The zero-order valence-corrected chi connectivity index (χ0v) is 11.1. The van der Waals surface area contributed by atoms with Gasteiger partial charge in [0, 0.05) is 41.6 Å². The van der Waals surface area contributed by atoms with Gasteiger partial charge in [0.15, 0.2) is 6.29 Å². The van der Waals surface area contributed by atoms with Gasteiger partial charge in [0.05, 0.1) is 7.11 Å². The zero-order valence-electron chi connectivity index (χ0n) is 11.1. The lowest BCUT2D eigenvalue weighted by Crippen LogP contribution is -1.98. The second kappa shape index (κ2) is 5.17. The van der Waals surface area contributed by atoms with Crippen LogP contribution in [0.3, 0.4) is 0 Å². The van der Waals surface area contributed by atoms with Crippen molar-refractivity contribution in [1.82, 2.24) is 9.55 Å². The van der Waals surface area contributed by atoms with Crippen LogP contribution in [0.25, 0.3) is 10.9 Å². The first-order chi connectivity index (χ1) is 9.81. The molecule has 0 bridgehead atoms. The molecule has 0 aliphatic carbocycles. The molecule has 1 aromatic carbocycles. The molecular weight excluding hydrogens is 252 g/mol. The molecule has 0 unspecified atom stereocenters. The maximum Gasteiger partial charge on any atom is 0.152 e. The summed E-state index contributed by atoms with van der Waals surface area (Å²) in [6.07, 6.45) is 6.32. The fourth-order valence-corrected chi connectivity index (χ4v) is 2.34. The van der Waals surface area contributed by atoms with Crippen molar-refractivity contribution in [3.8, 4) is 5.75 Å². The highest BCUT2D eigenvalue weighted by Crippen LogP contribution is 2.25. The monoisotopic (exact) mass is 266 g/mol. The number of nitrogens with zero attached hydrogens (tertiary/aromatic N) is 2. The maximum absolute atomic E-state index is 11.2. The number of rotatable bonds is 4. The van der Waals surface area contributed by atoms with Gasteiger partial charge in [-0.15, -0.1) is 0 Å². The van der Waals surface area contributed by atoms with E-state index in [0.29, 0.717) is 12.1 Å². The Balaban J connectivity index is 2.09. The van der Waals surface area contributed by atoms with E-state index < -0.39 is 0 Å². The van der Waals surface area contributed by atoms with E-state index in [1.54, 1.807) is 13.3 Å². The topological polar surface area (TPSA) is 44.1 Å². The Bertz CT molecular complexity index is 748. The third-order valence-electron chi connectivity index (χ3n) is 3.32. The van der Waals surface area contributed by atoms with Crippen LogP contribution in [0.2, 0.25) is 0 Å². The van der Waals surface area contributed by atoms with E-state index in [1.807, 2.05) is 42.7 Å². The van der Waals surface area contributed by atoms with E-state index in [2.05, 4.69) is 9.55 Å². The SMILES string of the molecule is COc1ccc2c(c1)c(C=O)cn2Cc1cccnc1. The molecule has 2 heterocycles. The van der Waals surface area contributed by atoms with E-state index in [-0.39, 0.29) is 0 Å². The van der Waals surface area contributed by atoms with Gasteiger partial charge >= 0.3 is 0 Å². The summed E-state index contributed by atoms with van der Waals surface area (Å²) in [6.45, 7) is 0.685. The van der Waals surface area contributed by atoms with E-state index >= 15 is 0 Å². The highest BCUT2D eigenvalue weighted by molar-refractivity contribution is 5.98. The van der Waals surface area contributed by atoms with Crippen molar-refractivity contribution in [2.45, 2.75) is 6.54 Å². The first kappa shape index (κ1) is 12.4. The fourth-order valence-electron chi connectivity index (χ4n) is 2.34. The molecule has 4 nitrogen and oxygen atoms in total. The van der Waals surface area contributed by atoms with Crippen LogP contribution in [0.5, 0.6) is 5.75 Å². The van der Waals surface area contributed by atoms with Gasteiger partial charge in [0.1, 0.15) is 5.75 Å². The molecule has 0 aliphatic rings. The van der Waals surface area contributed by atoms with Gasteiger partial charge in [0.25, 0.3) is 0 Å². The lowest BCUT2D eigenvalue weighted by Gasteiger charge is -2.05. The standard InChI is InChI=1S/C16H14N2O2/c1-20-14-4-5-16-15(7-14)13(11-19)10-18(16)9-12-3-2-6-17-8-12/h2-8,10-11H,9H2,1H3. The summed E-state index contributed by atoms with van der Waals surface area (Å²) in [4.78, 5) is 15.3. The van der Waals surface area contributed by atoms with E-state index in [9.17, 15) is 4.79 Å². The minimum absolute atomic E-state index is 0.669. The number of ether oxygens (including phenoxy) is 1. The van der Waals surface area contributed by atoms with Gasteiger partial charge in [-0.05, 0) is 29.8 Å². The minimum Gasteiger partial charge on any atom is -0.497 e. The number of hydrogen-bond acceptors (Lipinski definition) is 3. The first-order valence-electron chi connectivity index (χ1n) is 6.33. The largest absolute Gasteiger partial charge is 0.497 e. The lowest BCUT2D eigenvalue weighted by atomic mass is 10.2. The van der Waals surface area contributed by atoms with Crippen LogP contribution in [-0.4, -0.2) is 22.9 Å². The second-order valence-electron chi connectivity index (χ2n) is 4.57. The third-order valence-corrected chi connectivity index (χ3v) is 3.32. The summed E-state index contributed by atoms with van der Waals surface area (Å²) in [5.41, 5.74) is 2.78. The quantitative estimate of drug-likeness (QED) is 0.682. The van der Waals surface area contributed by atoms with Crippen LogP contribution in [-0.2, 0) is 6.54 Å². The van der Waals surface area contributed by atoms with E-state index in [1.165, 1.54) is 0 Å². The van der Waals surface area contributed by atoms with Gasteiger partial charge in [0.2, 0.25) is 0 Å². The molecule has 3 rings (SSSR count). The van der Waals surface area contributed by atoms with Gasteiger partial charge < -0.3 is 9.30 Å². The van der Waals surface area contributed by atoms with Crippen molar-refractivity contribution in [2.24, 2.45) is 0 Å². The van der Waals surface area contributed by atoms with Crippen LogP contribution in [0.1, 0.15) is 15.9 Å². The van der Waals surface area contributed by atoms with Crippen molar-refractivity contribution in [2.75, 3.05) is 7.11 Å². The number of aldehydes is 1. The van der Waals surface area contributed by atoms with E-state index in [4.69, 9.17) is 4.74 Å². The Hall–Kier alpha value is -2.62. The fraction of sp³-hybridized carbons (Fsp3) is 0.125. The highest BCUT2D eigenvalue weighted by Gasteiger charge is 2.09.